The van der Waals surface area contributed by atoms with Gasteiger partial charge >= 0.3 is 0 Å². The number of furan rings is 1. The van der Waals surface area contributed by atoms with Gasteiger partial charge in [0.05, 0.1) is 6.54 Å². The van der Waals surface area contributed by atoms with Crippen LogP contribution >= 0.6 is 0 Å². The highest BCUT2D eigenvalue weighted by atomic mass is 19.1. The average Bonchev–Trinajstić information content (AvgIpc) is 3.15. The molecule has 2 aromatic rings. The minimum absolute atomic E-state index is 0.0840. The maximum absolute atomic E-state index is 13.3. The summed E-state index contributed by atoms with van der Waals surface area (Å²) in [5.41, 5.74) is 6.42. The van der Waals surface area contributed by atoms with Gasteiger partial charge in [0.25, 0.3) is 5.91 Å². The Labute approximate surface area is 128 Å². The van der Waals surface area contributed by atoms with Gasteiger partial charge in [0.2, 0.25) is 0 Å². The molecular weight excluding hydrogens is 283 g/mol. The third-order valence-electron chi connectivity index (χ3n) is 4.07. The number of benzene rings is 1. The summed E-state index contributed by atoms with van der Waals surface area (Å²) in [7, 11) is 0. The molecule has 1 atom stereocenters. The van der Waals surface area contributed by atoms with Crippen LogP contribution in [-0.2, 0) is 13.0 Å². The highest BCUT2D eigenvalue weighted by Gasteiger charge is 2.31. The largest absolute Gasteiger partial charge is 0.455 e. The van der Waals surface area contributed by atoms with Crippen molar-refractivity contribution in [1.29, 1.82) is 0 Å². The number of halogens is 1. The molecule has 22 heavy (non-hydrogen) atoms. The first kappa shape index (κ1) is 14.8. The number of amides is 1. The van der Waals surface area contributed by atoms with Crippen molar-refractivity contribution in [2.24, 2.45) is 5.73 Å². The Morgan fingerprint density at radius 1 is 1.36 bits per heavy atom. The van der Waals surface area contributed by atoms with E-state index in [0.717, 1.165) is 18.4 Å². The van der Waals surface area contributed by atoms with E-state index in [1.54, 1.807) is 18.2 Å². The molecule has 0 radical (unpaired) electrons. The highest BCUT2D eigenvalue weighted by Crippen LogP contribution is 2.24. The molecule has 1 aromatic carbocycles. The molecule has 1 saturated heterocycles. The summed E-state index contributed by atoms with van der Waals surface area (Å²) in [6, 6.07) is 10.0. The normalized spacial score (nSPS) is 17.9. The van der Waals surface area contributed by atoms with E-state index in [1.807, 2.05) is 11.0 Å². The zero-order chi connectivity index (χ0) is 15.5. The molecule has 4 nitrogen and oxygen atoms in total. The van der Waals surface area contributed by atoms with Gasteiger partial charge in [-0.05, 0) is 49.1 Å². The Kier molecular flexibility index (Phi) is 4.24. The lowest BCUT2D eigenvalue weighted by Crippen LogP contribution is -2.36. The number of nitrogens with two attached hydrogens (primary N) is 1. The molecule has 2 N–H and O–H groups in total. The van der Waals surface area contributed by atoms with Crippen molar-refractivity contribution in [3.63, 3.8) is 0 Å². The smallest absolute Gasteiger partial charge is 0.289 e. The second kappa shape index (κ2) is 6.32. The third-order valence-corrected chi connectivity index (χ3v) is 4.07. The molecular formula is C17H19FN2O2. The average molecular weight is 302 g/mol. The quantitative estimate of drug-likeness (QED) is 0.944. The molecule has 1 aliphatic rings. The van der Waals surface area contributed by atoms with Crippen LogP contribution in [0, 0.1) is 5.82 Å². The van der Waals surface area contributed by atoms with E-state index in [1.165, 1.54) is 12.1 Å². The molecule has 116 valence electrons. The molecule has 0 bridgehead atoms. The third kappa shape index (κ3) is 3.04. The van der Waals surface area contributed by atoms with Crippen LogP contribution in [0.1, 0.15) is 34.7 Å². The van der Waals surface area contributed by atoms with Crippen molar-refractivity contribution in [1.82, 2.24) is 4.90 Å². The van der Waals surface area contributed by atoms with Gasteiger partial charge in [-0.15, -0.1) is 0 Å². The van der Waals surface area contributed by atoms with Crippen molar-refractivity contribution >= 4 is 5.91 Å². The van der Waals surface area contributed by atoms with E-state index >= 15 is 0 Å². The molecule has 1 aromatic heterocycles. The Morgan fingerprint density at radius 3 is 2.95 bits per heavy atom. The van der Waals surface area contributed by atoms with Crippen LogP contribution in [0.15, 0.2) is 40.8 Å². The Balaban J connectivity index is 1.73. The molecule has 3 rings (SSSR count). The van der Waals surface area contributed by atoms with Gasteiger partial charge < -0.3 is 15.1 Å². The van der Waals surface area contributed by atoms with E-state index in [9.17, 15) is 9.18 Å². The van der Waals surface area contributed by atoms with Crippen molar-refractivity contribution in [3.05, 3.63) is 59.3 Å². The summed E-state index contributed by atoms with van der Waals surface area (Å²) < 4.78 is 18.7. The predicted octanol–water partition coefficient (Wildman–Crippen LogP) is 2.72. The van der Waals surface area contributed by atoms with Crippen LogP contribution < -0.4 is 5.73 Å². The molecule has 0 aliphatic carbocycles. The predicted molar refractivity (Wildman–Crippen MR) is 80.8 cm³/mol. The first-order valence-electron chi connectivity index (χ1n) is 7.51. The number of nitrogens with zero attached hydrogens (tertiary/aromatic N) is 1. The van der Waals surface area contributed by atoms with Gasteiger partial charge in [0.15, 0.2) is 5.76 Å². The molecule has 1 fully saturated rings. The van der Waals surface area contributed by atoms with Gasteiger partial charge in [-0.2, -0.15) is 0 Å². The fourth-order valence-electron chi connectivity index (χ4n) is 3.00. The SMILES string of the molecule is NCc1ccc(C(=O)N2CCCC2Cc2cccc(F)c2)o1. The second-order valence-electron chi connectivity index (χ2n) is 5.60. The van der Waals surface area contributed by atoms with Crippen molar-refractivity contribution in [3.8, 4) is 0 Å². The van der Waals surface area contributed by atoms with Crippen LogP contribution in [0.2, 0.25) is 0 Å². The molecule has 1 aliphatic heterocycles. The summed E-state index contributed by atoms with van der Waals surface area (Å²) in [5.74, 6) is 0.571. The topological polar surface area (TPSA) is 59.5 Å². The summed E-state index contributed by atoms with van der Waals surface area (Å²) in [6.45, 7) is 0.984. The number of likely N-dealkylation sites (tertiary alicyclic amines) is 1. The molecule has 1 unspecified atom stereocenters. The van der Waals surface area contributed by atoms with Crippen LogP contribution in [-0.4, -0.2) is 23.4 Å². The summed E-state index contributed by atoms with van der Waals surface area (Å²) in [5, 5.41) is 0. The van der Waals surface area contributed by atoms with Crippen molar-refractivity contribution in [2.45, 2.75) is 31.8 Å². The van der Waals surface area contributed by atoms with Gasteiger partial charge in [0, 0.05) is 12.6 Å². The fourth-order valence-corrected chi connectivity index (χ4v) is 3.00. The lowest BCUT2D eigenvalue weighted by Gasteiger charge is -2.24. The van der Waals surface area contributed by atoms with Gasteiger partial charge in [-0.3, -0.25) is 4.79 Å². The van der Waals surface area contributed by atoms with E-state index in [-0.39, 0.29) is 24.3 Å². The van der Waals surface area contributed by atoms with Crippen molar-refractivity contribution in [2.75, 3.05) is 6.54 Å². The maximum Gasteiger partial charge on any atom is 0.289 e. The molecule has 0 spiro atoms. The van der Waals surface area contributed by atoms with E-state index in [0.29, 0.717) is 24.5 Å². The fraction of sp³-hybridized carbons (Fsp3) is 0.353. The van der Waals surface area contributed by atoms with Crippen LogP contribution in [0.25, 0.3) is 0 Å². The Hall–Kier alpha value is -2.14. The lowest BCUT2D eigenvalue weighted by molar-refractivity contribution is 0.0702. The standard InChI is InChI=1S/C17H19FN2O2/c18-13-4-1-3-12(9-13)10-14-5-2-8-20(14)17(21)16-7-6-15(11-19)22-16/h1,3-4,6-7,9,14H,2,5,8,10-11,19H2. The van der Waals surface area contributed by atoms with Crippen molar-refractivity contribution < 1.29 is 13.6 Å². The number of carbonyl (C=O) groups excluding carboxylic acids is 1. The Morgan fingerprint density at radius 2 is 2.23 bits per heavy atom. The summed E-state index contributed by atoms with van der Waals surface area (Å²) in [6.07, 6.45) is 2.54. The van der Waals surface area contributed by atoms with E-state index in [4.69, 9.17) is 10.2 Å². The van der Waals surface area contributed by atoms with E-state index < -0.39 is 0 Å². The van der Waals surface area contributed by atoms with Gasteiger partial charge in [-0.1, -0.05) is 12.1 Å². The highest BCUT2D eigenvalue weighted by molar-refractivity contribution is 5.92. The molecule has 5 heteroatoms. The molecule has 2 heterocycles. The monoisotopic (exact) mass is 302 g/mol. The number of hydrogen-bond donors (Lipinski definition) is 1. The Bertz CT molecular complexity index is 668. The first-order chi connectivity index (χ1) is 10.7. The maximum atomic E-state index is 13.3. The van der Waals surface area contributed by atoms with E-state index in [2.05, 4.69) is 0 Å². The zero-order valence-corrected chi connectivity index (χ0v) is 12.3. The summed E-state index contributed by atoms with van der Waals surface area (Å²) in [4.78, 5) is 14.4. The molecule has 0 saturated carbocycles. The molecule has 1 amide bonds. The van der Waals surface area contributed by atoms with Crippen LogP contribution in [0.5, 0.6) is 0 Å². The zero-order valence-electron chi connectivity index (χ0n) is 12.3. The van der Waals surface area contributed by atoms with Gasteiger partial charge in [-0.25, -0.2) is 4.39 Å². The minimum atomic E-state index is -0.244. The number of hydrogen-bond acceptors (Lipinski definition) is 3. The summed E-state index contributed by atoms with van der Waals surface area (Å²) >= 11 is 0. The lowest BCUT2D eigenvalue weighted by atomic mass is 10.0. The number of carbonyl (C=O) groups is 1. The second-order valence-corrected chi connectivity index (χ2v) is 5.60. The first-order valence-corrected chi connectivity index (χ1v) is 7.51. The van der Waals surface area contributed by atoms with Gasteiger partial charge in [0.1, 0.15) is 11.6 Å². The van der Waals surface area contributed by atoms with Crippen LogP contribution in [0.4, 0.5) is 4.39 Å². The van der Waals surface area contributed by atoms with Crippen LogP contribution in [0.3, 0.4) is 0 Å². The number of rotatable bonds is 4. The minimum Gasteiger partial charge on any atom is -0.455 e.